The summed E-state index contributed by atoms with van der Waals surface area (Å²) in [5, 5.41) is 0. The van der Waals surface area contributed by atoms with Gasteiger partial charge in [-0.1, -0.05) is 97.9 Å². The molecule has 0 aliphatic heterocycles. The number of rotatable bonds is 5. The average Bonchev–Trinajstić information content (AvgIpc) is 2.62. The second-order valence-electron chi connectivity index (χ2n) is 5.72. The fraction of sp³-hybridized carbons (Fsp3) is 0.182. The molecule has 0 bridgehead atoms. The molecule has 3 N–H and O–H groups in total. The van der Waals surface area contributed by atoms with E-state index in [2.05, 4.69) is 97.9 Å². The molecule has 3 rings (SSSR count). The first-order chi connectivity index (χ1) is 10.9. The molecule has 0 saturated carbocycles. The molecule has 0 saturated heterocycles. The molecule has 1 heteroatoms. The van der Waals surface area contributed by atoms with Crippen LogP contribution in [0.2, 0.25) is 0 Å². The predicted octanol–water partition coefficient (Wildman–Crippen LogP) is 6.17. The van der Waals surface area contributed by atoms with Crippen molar-refractivity contribution in [1.29, 1.82) is 0 Å². The molecule has 0 spiro atoms. The minimum absolute atomic E-state index is 0. The van der Waals surface area contributed by atoms with Gasteiger partial charge in [-0.05, 0) is 29.0 Å². The van der Waals surface area contributed by atoms with E-state index in [9.17, 15) is 0 Å². The van der Waals surface area contributed by atoms with Crippen molar-refractivity contribution in [3.05, 3.63) is 108 Å². The lowest BCUT2D eigenvalue weighted by Crippen LogP contribution is -2.12. The SMILES string of the molecule is CCC(c1ccccc1)C(c1ccccc1)c1ccccc1.N. The summed E-state index contributed by atoms with van der Waals surface area (Å²) in [4.78, 5) is 0. The van der Waals surface area contributed by atoms with Gasteiger partial charge in [-0.15, -0.1) is 0 Å². The van der Waals surface area contributed by atoms with E-state index in [0.29, 0.717) is 11.8 Å². The highest BCUT2D eigenvalue weighted by molar-refractivity contribution is 5.38. The molecule has 0 aliphatic carbocycles. The van der Waals surface area contributed by atoms with E-state index in [4.69, 9.17) is 0 Å². The highest BCUT2D eigenvalue weighted by Crippen LogP contribution is 2.40. The van der Waals surface area contributed by atoms with Gasteiger partial charge < -0.3 is 6.15 Å². The highest BCUT2D eigenvalue weighted by atomic mass is 14.3. The van der Waals surface area contributed by atoms with Crippen LogP contribution in [0.5, 0.6) is 0 Å². The fourth-order valence-electron chi connectivity index (χ4n) is 3.34. The van der Waals surface area contributed by atoms with Crippen LogP contribution in [0, 0.1) is 0 Å². The average molecular weight is 303 g/mol. The van der Waals surface area contributed by atoms with E-state index in [1.165, 1.54) is 16.7 Å². The number of benzene rings is 3. The molecule has 3 aromatic rings. The van der Waals surface area contributed by atoms with E-state index in [1.807, 2.05) is 0 Å². The van der Waals surface area contributed by atoms with Gasteiger partial charge in [0.1, 0.15) is 0 Å². The summed E-state index contributed by atoms with van der Waals surface area (Å²) < 4.78 is 0. The minimum atomic E-state index is 0. The van der Waals surface area contributed by atoms with Crippen LogP contribution in [0.15, 0.2) is 91.0 Å². The van der Waals surface area contributed by atoms with E-state index >= 15 is 0 Å². The number of hydrogen-bond donors (Lipinski definition) is 1. The van der Waals surface area contributed by atoms with Crippen molar-refractivity contribution in [1.82, 2.24) is 6.15 Å². The number of hydrogen-bond acceptors (Lipinski definition) is 1. The Morgan fingerprint density at radius 2 is 0.913 bits per heavy atom. The first-order valence-corrected chi connectivity index (χ1v) is 8.05. The molecule has 0 radical (unpaired) electrons. The van der Waals surface area contributed by atoms with Crippen LogP contribution >= 0.6 is 0 Å². The van der Waals surface area contributed by atoms with Gasteiger partial charge in [0, 0.05) is 5.92 Å². The maximum atomic E-state index is 2.29. The first kappa shape index (κ1) is 17.0. The molecule has 1 nitrogen and oxygen atoms in total. The molecule has 1 unspecified atom stereocenters. The third-order valence-electron chi connectivity index (χ3n) is 4.39. The Morgan fingerprint density at radius 3 is 1.26 bits per heavy atom. The lowest BCUT2D eigenvalue weighted by atomic mass is 9.76. The van der Waals surface area contributed by atoms with Gasteiger partial charge in [-0.2, -0.15) is 0 Å². The van der Waals surface area contributed by atoms with E-state index in [1.54, 1.807) is 0 Å². The molecule has 0 fully saturated rings. The first-order valence-electron chi connectivity index (χ1n) is 8.05. The van der Waals surface area contributed by atoms with Crippen LogP contribution < -0.4 is 6.15 Å². The Balaban J connectivity index is 0.00000192. The predicted molar refractivity (Wildman–Crippen MR) is 99.2 cm³/mol. The maximum absolute atomic E-state index is 2.29. The van der Waals surface area contributed by atoms with Crippen LogP contribution in [0.3, 0.4) is 0 Å². The summed E-state index contributed by atoms with van der Waals surface area (Å²) in [5.41, 5.74) is 4.21. The molecule has 3 aromatic carbocycles. The van der Waals surface area contributed by atoms with Gasteiger partial charge in [-0.25, -0.2) is 0 Å². The van der Waals surface area contributed by atoms with E-state index < -0.39 is 0 Å². The maximum Gasteiger partial charge on any atom is 0.0158 e. The highest BCUT2D eigenvalue weighted by Gasteiger charge is 2.24. The van der Waals surface area contributed by atoms with Crippen molar-refractivity contribution >= 4 is 0 Å². The fourth-order valence-corrected chi connectivity index (χ4v) is 3.34. The van der Waals surface area contributed by atoms with Crippen LogP contribution in [-0.2, 0) is 0 Å². The summed E-state index contributed by atoms with van der Waals surface area (Å²) in [6, 6.07) is 32.7. The van der Waals surface area contributed by atoms with Crippen molar-refractivity contribution < 1.29 is 0 Å². The second kappa shape index (κ2) is 8.30. The Labute approximate surface area is 139 Å². The summed E-state index contributed by atoms with van der Waals surface area (Å²) in [5.74, 6) is 0.890. The largest absolute Gasteiger partial charge is 0.344 e. The summed E-state index contributed by atoms with van der Waals surface area (Å²) in [6.07, 6.45) is 1.12. The Kier molecular flexibility index (Phi) is 6.13. The third kappa shape index (κ3) is 3.88. The standard InChI is InChI=1S/C22H22.H3N/c1-2-21(18-12-6-3-7-13-18)22(19-14-8-4-9-15-19)20-16-10-5-11-17-20;/h3-17,21-22H,2H2,1H3;1H3. The van der Waals surface area contributed by atoms with Gasteiger partial charge in [0.2, 0.25) is 0 Å². The molecule has 0 heterocycles. The zero-order valence-electron chi connectivity index (χ0n) is 13.7. The molecule has 23 heavy (non-hydrogen) atoms. The lowest BCUT2D eigenvalue weighted by Gasteiger charge is -2.28. The van der Waals surface area contributed by atoms with Crippen molar-refractivity contribution in [3.8, 4) is 0 Å². The van der Waals surface area contributed by atoms with Crippen molar-refractivity contribution in [3.63, 3.8) is 0 Å². The van der Waals surface area contributed by atoms with Gasteiger partial charge >= 0.3 is 0 Å². The van der Waals surface area contributed by atoms with Gasteiger partial charge in [0.25, 0.3) is 0 Å². The summed E-state index contributed by atoms with van der Waals surface area (Å²) >= 11 is 0. The monoisotopic (exact) mass is 303 g/mol. The molecule has 118 valence electrons. The van der Waals surface area contributed by atoms with Crippen LogP contribution in [-0.4, -0.2) is 0 Å². The normalized spacial score (nSPS) is 11.7. The topological polar surface area (TPSA) is 35.0 Å². The molecule has 0 amide bonds. The molecular formula is C22H25N. The molecular weight excluding hydrogens is 278 g/mol. The van der Waals surface area contributed by atoms with Crippen LogP contribution in [0.1, 0.15) is 41.9 Å². The van der Waals surface area contributed by atoms with Gasteiger partial charge in [-0.3, -0.25) is 0 Å². The summed E-state index contributed by atoms with van der Waals surface area (Å²) in [7, 11) is 0. The van der Waals surface area contributed by atoms with Gasteiger partial charge in [0.15, 0.2) is 0 Å². The van der Waals surface area contributed by atoms with Crippen molar-refractivity contribution in [2.75, 3.05) is 0 Å². The van der Waals surface area contributed by atoms with Gasteiger partial charge in [0.05, 0.1) is 0 Å². The van der Waals surface area contributed by atoms with E-state index in [-0.39, 0.29) is 6.15 Å². The van der Waals surface area contributed by atoms with E-state index in [0.717, 1.165) is 6.42 Å². The Bertz CT molecular complexity index is 637. The van der Waals surface area contributed by atoms with Crippen LogP contribution in [0.25, 0.3) is 0 Å². The Morgan fingerprint density at radius 1 is 0.565 bits per heavy atom. The minimum Gasteiger partial charge on any atom is -0.344 e. The smallest absolute Gasteiger partial charge is 0.0158 e. The Hall–Kier alpha value is -2.38. The summed E-state index contributed by atoms with van der Waals surface area (Å²) in [6.45, 7) is 2.29. The third-order valence-corrected chi connectivity index (χ3v) is 4.39. The quantitative estimate of drug-likeness (QED) is 0.600. The second-order valence-corrected chi connectivity index (χ2v) is 5.72. The zero-order valence-corrected chi connectivity index (χ0v) is 13.7. The van der Waals surface area contributed by atoms with Crippen LogP contribution in [0.4, 0.5) is 0 Å². The molecule has 1 atom stereocenters. The molecule has 0 aromatic heterocycles. The lowest BCUT2D eigenvalue weighted by molar-refractivity contribution is 0.586. The zero-order chi connectivity index (χ0) is 15.2. The van der Waals surface area contributed by atoms with Crippen molar-refractivity contribution in [2.45, 2.75) is 25.2 Å². The van der Waals surface area contributed by atoms with Crippen molar-refractivity contribution in [2.24, 2.45) is 0 Å². The molecule has 0 aliphatic rings.